The van der Waals surface area contributed by atoms with Crippen molar-refractivity contribution in [2.45, 2.75) is 26.3 Å². The van der Waals surface area contributed by atoms with E-state index in [0.717, 1.165) is 70.9 Å². The van der Waals surface area contributed by atoms with Crippen LogP contribution in [-0.4, -0.2) is 78.0 Å². The van der Waals surface area contributed by atoms with E-state index in [-0.39, 0.29) is 5.92 Å². The zero-order valence-electron chi connectivity index (χ0n) is 18.6. The summed E-state index contributed by atoms with van der Waals surface area (Å²) in [4.78, 5) is 24.0. The van der Waals surface area contributed by atoms with Crippen LogP contribution in [0, 0.1) is 12.8 Å². The molecule has 166 valence electrons. The van der Waals surface area contributed by atoms with Gasteiger partial charge in [-0.25, -0.2) is 0 Å². The van der Waals surface area contributed by atoms with Crippen LogP contribution in [0.3, 0.4) is 0 Å². The monoisotopic (exact) mass is 422 g/mol. The van der Waals surface area contributed by atoms with E-state index in [4.69, 9.17) is 4.74 Å². The molecule has 4 rings (SSSR count). The second-order valence-corrected chi connectivity index (χ2v) is 8.69. The quantitative estimate of drug-likeness (QED) is 0.687. The zero-order chi connectivity index (χ0) is 21.5. The van der Waals surface area contributed by atoms with Crippen molar-refractivity contribution in [2.24, 2.45) is 5.92 Å². The van der Waals surface area contributed by atoms with E-state index in [1.807, 2.05) is 30.6 Å². The number of ether oxygens (including phenoxy) is 1. The number of pyridine rings is 1. The van der Waals surface area contributed by atoms with Gasteiger partial charge in [-0.2, -0.15) is 0 Å². The van der Waals surface area contributed by atoms with Crippen LogP contribution >= 0.6 is 0 Å². The number of carbonyl (C=O) groups excluding carboxylic acids is 1. The molecular formula is C25H34N4O2. The summed E-state index contributed by atoms with van der Waals surface area (Å²) in [6.07, 6.45) is 5.63. The molecule has 6 nitrogen and oxygen atoms in total. The summed E-state index contributed by atoms with van der Waals surface area (Å²) in [5.41, 5.74) is 2.46. The molecule has 0 radical (unpaired) electrons. The van der Waals surface area contributed by atoms with Crippen molar-refractivity contribution in [3.05, 3.63) is 59.9 Å². The van der Waals surface area contributed by atoms with Gasteiger partial charge in [0.25, 0.3) is 0 Å². The maximum absolute atomic E-state index is 13.0. The number of nitrogens with zero attached hydrogens (tertiary/aromatic N) is 4. The molecule has 0 atom stereocenters. The molecule has 31 heavy (non-hydrogen) atoms. The van der Waals surface area contributed by atoms with E-state index in [1.165, 1.54) is 11.1 Å². The molecule has 2 aliphatic heterocycles. The lowest BCUT2D eigenvalue weighted by molar-refractivity contribution is -0.139. The highest BCUT2D eigenvalue weighted by Gasteiger charge is 2.30. The molecule has 0 bridgehead atoms. The summed E-state index contributed by atoms with van der Waals surface area (Å²) in [5, 5.41) is 0. The lowest BCUT2D eigenvalue weighted by Gasteiger charge is -2.38. The molecule has 1 aromatic carbocycles. The SMILES string of the molecule is Cc1ccccc1OCCN1CCN(C(=O)C2CCN(Cc3ccncc3)CC2)CC1. The lowest BCUT2D eigenvalue weighted by atomic mass is 9.94. The van der Waals surface area contributed by atoms with Crippen molar-refractivity contribution in [1.82, 2.24) is 19.7 Å². The molecule has 2 saturated heterocycles. The molecule has 6 heteroatoms. The van der Waals surface area contributed by atoms with Gasteiger partial charge in [0.05, 0.1) is 0 Å². The van der Waals surface area contributed by atoms with Crippen LogP contribution in [-0.2, 0) is 11.3 Å². The Balaban J connectivity index is 1.15. The Morgan fingerprint density at radius 2 is 1.68 bits per heavy atom. The maximum Gasteiger partial charge on any atom is 0.225 e. The first kappa shape index (κ1) is 21.8. The standard InChI is InChI=1S/C25H34N4O2/c1-21-4-2-3-5-24(21)31-19-18-27-14-16-29(17-15-27)25(30)23-8-12-28(13-9-23)20-22-6-10-26-11-7-22/h2-7,10-11,23H,8-9,12-20H2,1H3. The average Bonchev–Trinajstić information content (AvgIpc) is 2.81. The number of aromatic nitrogens is 1. The van der Waals surface area contributed by atoms with Gasteiger partial charge in [-0.15, -0.1) is 0 Å². The van der Waals surface area contributed by atoms with Gasteiger partial charge >= 0.3 is 0 Å². The number of amides is 1. The van der Waals surface area contributed by atoms with Crippen LogP contribution in [0.4, 0.5) is 0 Å². The fraction of sp³-hybridized carbons (Fsp3) is 0.520. The van der Waals surface area contributed by atoms with Gasteiger partial charge in [0, 0.05) is 57.6 Å². The van der Waals surface area contributed by atoms with Crippen LogP contribution in [0.2, 0.25) is 0 Å². The largest absolute Gasteiger partial charge is 0.492 e. The molecule has 1 aromatic heterocycles. The Morgan fingerprint density at radius 3 is 2.39 bits per heavy atom. The summed E-state index contributed by atoms with van der Waals surface area (Å²) in [6.45, 7) is 10.1. The van der Waals surface area contributed by atoms with Gasteiger partial charge in [0.1, 0.15) is 12.4 Å². The van der Waals surface area contributed by atoms with Crippen molar-refractivity contribution in [1.29, 1.82) is 0 Å². The van der Waals surface area contributed by atoms with Gasteiger partial charge in [0.15, 0.2) is 0 Å². The molecule has 0 unspecified atom stereocenters. The third-order valence-corrected chi connectivity index (χ3v) is 6.53. The summed E-state index contributed by atoms with van der Waals surface area (Å²) in [7, 11) is 0. The number of carbonyl (C=O) groups is 1. The second-order valence-electron chi connectivity index (χ2n) is 8.69. The van der Waals surface area contributed by atoms with Crippen molar-refractivity contribution in [2.75, 3.05) is 52.4 Å². The molecule has 2 aliphatic rings. The Morgan fingerprint density at radius 1 is 0.968 bits per heavy atom. The summed E-state index contributed by atoms with van der Waals surface area (Å²) >= 11 is 0. The minimum atomic E-state index is 0.185. The smallest absolute Gasteiger partial charge is 0.225 e. The van der Waals surface area contributed by atoms with E-state index in [9.17, 15) is 4.79 Å². The number of likely N-dealkylation sites (tertiary alicyclic amines) is 1. The maximum atomic E-state index is 13.0. The molecule has 0 saturated carbocycles. The number of rotatable bonds is 7. The zero-order valence-corrected chi connectivity index (χ0v) is 18.6. The molecule has 2 aromatic rings. The average molecular weight is 423 g/mol. The summed E-state index contributed by atoms with van der Waals surface area (Å²) in [6, 6.07) is 12.3. The number of hydrogen-bond donors (Lipinski definition) is 0. The minimum Gasteiger partial charge on any atom is -0.492 e. The van der Waals surface area contributed by atoms with Gasteiger partial charge < -0.3 is 9.64 Å². The van der Waals surface area contributed by atoms with Crippen LogP contribution in [0.25, 0.3) is 0 Å². The van der Waals surface area contributed by atoms with Crippen molar-refractivity contribution < 1.29 is 9.53 Å². The molecule has 0 aliphatic carbocycles. The number of para-hydroxylation sites is 1. The number of aryl methyl sites for hydroxylation is 1. The van der Waals surface area contributed by atoms with Crippen LogP contribution in [0.1, 0.15) is 24.0 Å². The predicted octanol–water partition coefficient (Wildman–Crippen LogP) is 2.83. The van der Waals surface area contributed by atoms with Crippen LogP contribution < -0.4 is 4.74 Å². The van der Waals surface area contributed by atoms with Gasteiger partial charge in [0.2, 0.25) is 5.91 Å². The highest BCUT2D eigenvalue weighted by molar-refractivity contribution is 5.79. The number of hydrogen-bond acceptors (Lipinski definition) is 5. The normalized spacial score (nSPS) is 18.8. The van der Waals surface area contributed by atoms with E-state index < -0.39 is 0 Å². The summed E-state index contributed by atoms with van der Waals surface area (Å²) in [5.74, 6) is 1.51. The molecule has 0 N–H and O–H groups in total. The minimum absolute atomic E-state index is 0.185. The Kier molecular flexibility index (Phi) is 7.54. The highest BCUT2D eigenvalue weighted by Crippen LogP contribution is 2.22. The fourth-order valence-corrected chi connectivity index (χ4v) is 4.54. The fourth-order valence-electron chi connectivity index (χ4n) is 4.54. The van der Waals surface area contributed by atoms with Crippen LogP contribution in [0.15, 0.2) is 48.8 Å². The number of piperazine rings is 1. The predicted molar refractivity (Wildman–Crippen MR) is 122 cm³/mol. The van der Waals surface area contributed by atoms with Crippen molar-refractivity contribution in [3.63, 3.8) is 0 Å². The first-order valence-electron chi connectivity index (χ1n) is 11.5. The van der Waals surface area contributed by atoms with E-state index >= 15 is 0 Å². The first-order chi connectivity index (χ1) is 15.2. The molecule has 0 spiro atoms. The van der Waals surface area contributed by atoms with E-state index in [0.29, 0.717) is 12.5 Å². The van der Waals surface area contributed by atoms with E-state index in [1.54, 1.807) is 0 Å². The van der Waals surface area contributed by atoms with E-state index in [2.05, 4.69) is 44.8 Å². The Hall–Kier alpha value is -2.44. The molecule has 2 fully saturated rings. The van der Waals surface area contributed by atoms with Crippen molar-refractivity contribution >= 4 is 5.91 Å². The Labute approximate surface area is 185 Å². The Bertz CT molecular complexity index is 828. The third kappa shape index (κ3) is 6.05. The molecule has 3 heterocycles. The molecular weight excluding hydrogens is 388 g/mol. The molecule has 1 amide bonds. The van der Waals surface area contributed by atoms with Crippen LogP contribution in [0.5, 0.6) is 5.75 Å². The highest BCUT2D eigenvalue weighted by atomic mass is 16.5. The van der Waals surface area contributed by atoms with Gasteiger partial charge in [-0.05, 0) is 62.2 Å². The third-order valence-electron chi connectivity index (χ3n) is 6.53. The summed E-state index contributed by atoms with van der Waals surface area (Å²) < 4.78 is 5.93. The first-order valence-corrected chi connectivity index (χ1v) is 11.5. The number of benzene rings is 1. The second kappa shape index (κ2) is 10.7. The van der Waals surface area contributed by atoms with Crippen molar-refractivity contribution in [3.8, 4) is 5.75 Å². The van der Waals surface area contributed by atoms with Gasteiger partial charge in [-0.3, -0.25) is 19.6 Å². The lowest BCUT2D eigenvalue weighted by Crippen LogP contribution is -2.52. The number of piperidine rings is 1. The van der Waals surface area contributed by atoms with Gasteiger partial charge in [-0.1, -0.05) is 18.2 Å². The topological polar surface area (TPSA) is 48.9 Å².